The van der Waals surface area contributed by atoms with Crippen LogP contribution < -0.4 is 0 Å². The zero-order chi connectivity index (χ0) is 19.6. The summed E-state index contributed by atoms with van der Waals surface area (Å²) in [4.78, 5) is 20.0. The van der Waals surface area contributed by atoms with E-state index in [9.17, 15) is 9.90 Å². The fourth-order valence-electron chi connectivity index (χ4n) is 3.68. The number of para-hydroxylation sites is 2. The first-order valence-corrected chi connectivity index (χ1v) is 9.44. The molecule has 0 aliphatic heterocycles. The quantitative estimate of drug-likeness (QED) is 0.719. The lowest BCUT2D eigenvalue weighted by Gasteiger charge is -2.31. The molecule has 1 amide bonds. The largest absolute Gasteiger partial charge is 0.395 e. The van der Waals surface area contributed by atoms with E-state index in [1.807, 2.05) is 85.7 Å². The molecule has 1 heterocycles. The predicted molar refractivity (Wildman–Crippen MR) is 109 cm³/mol. The molecule has 142 valence electrons. The van der Waals surface area contributed by atoms with Gasteiger partial charge in [-0.3, -0.25) is 4.79 Å². The smallest absolute Gasteiger partial charge is 0.255 e. The van der Waals surface area contributed by atoms with Crippen LogP contribution in [0.2, 0.25) is 0 Å². The number of nitrogens with zero attached hydrogens (tertiary/aromatic N) is 3. The summed E-state index contributed by atoms with van der Waals surface area (Å²) < 4.78 is 1.98. The molecule has 1 N–H and O–H groups in total. The van der Waals surface area contributed by atoms with Crippen LogP contribution in [0.4, 0.5) is 0 Å². The lowest BCUT2D eigenvalue weighted by Crippen LogP contribution is -2.42. The number of carbonyl (C=O) groups is 1. The van der Waals surface area contributed by atoms with Crippen LogP contribution >= 0.6 is 0 Å². The summed E-state index contributed by atoms with van der Waals surface area (Å²) in [5, 5.41) is 9.56. The molecule has 0 bridgehead atoms. The summed E-state index contributed by atoms with van der Waals surface area (Å²) in [6.45, 7) is 8.55. The van der Waals surface area contributed by atoms with Gasteiger partial charge in [-0.2, -0.15) is 0 Å². The van der Waals surface area contributed by atoms with Crippen molar-refractivity contribution < 1.29 is 9.90 Å². The van der Waals surface area contributed by atoms with E-state index in [0.29, 0.717) is 17.9 Å². The first-order valence-electron chi connectivity index (χ1n) is 9.44. The van der Waals surface area contributed by atoms with E-state index in [1.54, 1.807) is 0 Å². The van der Waals surface area contributed by atoms with Crippen molar-refractivity contribution in [3.8, 4) is 11.4 Å². The summed E-state index contributed by atoms with van der Waals surface area (Å²) in [7, 11) is 0. The van der Waals surface area contributed by atoms with E-state index in [2.05, 4.69) is 0 Å². The molecule has 5 heteroatoms. The van der Waals surface area contributed by atoms with Gasteiger partial charge in [0.25, 0.3) is 5.91 Å². The Morgan fingerprint density at radius 1 is 1.04 bits per heavy atom. The number of aliphatic hydroxyl groups excluding tert-OH is 1. The van der Waals surface area contributed by atoms with Crippen LogP contribution in [-0.4, -0.2) is 44.2 Å². The summed E-state index contributed by atoms with van der Waals surface area (Å²) in [6, 6.07) is 15.6. The van der Waals surface area contributed by atoms with Gasteiger partial charge in [0.1, 0.15) is 5.82 Å². The standard InChI is InChI=1S/C22H27N3O2/c1-15(2)25(16(3)4)22(27)18-10-6-5-9-17(18)21-23-19-11-7-8-12-20(19)24(21)13-14-26/h5-12,15-16,26H,13-14H2,1-4H3. The average Bonchev–Trinajstić information content (AvgIpc) is 3.00. The zero-order valence-corrected chi connectivity index (χ0v) is 16.4. The minimum Gasteiger partial charge on any atom is -0.395 e. The third kappa shape index (κ3) is 3.60. The van der Waals surface area contributed by atoms with E-state index in [0.717, 1.165) is 16.6 Å². The van der Waals surface area contributed by atoms with Crippen molar-refractivity contribution in [3.63, 3.8) is 0 Å². The van der Waals surface area contributed by atoms with E-state index in [1.165, 1.54) is 0 Å². The van der Waals surface area contributed by atoms with Crippen LogP contribution in [0, 0.1) is 0 Å². The van der Waals surface area contributed by atoms with Crippen LogP contribution in [0.5, 0.6) is 0 Å². The fraction of sp³-hybridized carbons (Fsp3) is 0.364. The Morgan fingerprint density at radius 2 is 1.67 bits per heavy atom. The van der Waals surface area contributed by atoms with Crippen LogP contribution in [0.1, 0.15) is 38.1 Å². The minimum absolute atomic E-state index is 0.00166. The highest BCUT2D eigenvalue weighted by molar-refractivity contribution is 6.01. The number of rotatable bonds is 6. The van der Waals surface area contributed by atoms with Crippen molar-refractivity contribution in [1.82, 2.24) is 14.5 Å². The monoisotopic (exact) mass is 365 g/mol. The first kappa shape index (κ1) is 19.1. The van der Waals surface area contributed by atoms with Gasteiger partial charge in [0.05, 0.1) is 23.2 Å². The van der Waals surface area contributed by atoms with Gasteiger partial charge in [0, 0.05) is 24.2 Å². The van der Waals surface area contributed by atoms with Crippen LogP contribution in [-0.2, 0) is 6.54 Å². The van der Waals surface area contributed by atoms with Crippen molar-refractivity contribution in [2.75, 3.05) is 6.61 Å². The maximum absolute atomic E-state index is 13.3. The summed E-state index contributed by atoms with van der Waals surface area (Å²) in [5.41, 5.74) is 3.23. The molecule has 0 fully saturated rings. The molecule has 0 unspecified atom stereocenters. The maximum atomic E-state index is 13.3. The molecule has 0 atom stereocenters. The van der Waals surface area contributed by atoms with E-state index in [4.69, 9.17) is 4.98 Å². The van der Waals surface area contributed by atoms with Gasteiger partial charge in [-0.1, -0.05) is 30.3 Å². The van der Waals surface area contributed by atoms with Gasteiger partial charge in [-0.05, 0) is 45.9 Å². The van der Waals surface area contributed by atoms with Crippen molar-refractivity contribution in [2.24, 2.45) is 0 Å². The molecule has 0 aliphatic carbocycles. The SMILES string of the molecule is CC(C)N(C(=O)c1ccccc1-c1nc2ccccc2n1CCO)C(C)C. The molecule has 0 spiro atoms. The number of carbonyl (C=O) groups excluding carboxylic acids is 1. The van der Waals surface area contributed by atoms with Crippen LogP contribution in [0.3, 0.4) is 0 Å². The number of hydrogen-bond acceptors (Lipinski definition) is 3. The number of fused-ring (bicyclic) bond motifs is 1. The molecule has 5 nitrogen and oxygen atoms in total. The number of benzene rings is 2. The molecular weight excluding hydrogens is 338 g/mol. The highest BCUT2D eigenvalue weighted by atomic mass is 16.3. The van der Waals surface area contributed by atoms with Crippen molar-refractivity contribution >= 4 is 16.9 Å². The molecule has 0 radical (unpaired) electrons. The Labute approximate surface area is 160 Å². The number of imidazole rings is 1. The Kier molecular flexibility index (Phi) is 5.61. The van der Waals surface area contributed by atoms with Crippen LogP contribution in [0.15, 0.2) is 48.5 Å². The number of hydrogen-bond donors (Lipinski definition) is 1. The molecule has 3 aromatic rings. The summed E-state index contributed by atoms with van der Waals surface area (Å²) in [5.74, 6) is 0.708. The fourth-order valence-corrected chi connectivity index (χ4v) is 3.68. The molecule has 3 rings (SSSR count). The minimum atomic E-state index is -0.00166. The van der Waals surface area contributed by atoms with Gasteiger partial charge < -0.3 is 14.6 Å². The predicted octanol–water partition coefficient (Wildman–Crippen LogP) is 3.95. The number of aliphatic hydroxyl groups is 1. The second-order valence-corrected chi connectivity index (χ2v) is 7.24. The second-order valence-electron chi connectivity index (χ2n) is 7.24. The van der Waals surface area contributed by atoms with E-state index in [-0.39, 0.29) is 24.6 Å². The summed E-state index contributed by atoms with van der Waals surface area (Å²) >= 11 is 0. The molecule has 0 aliphatic rings. The van der Waals surface area contributed by atoms with E-state index < -0.39 is 0 Å². The third-order valence-electron chi connectivity index (χ3n) is 4.72. The molecule has 1 aromatic heterocycles. The normalized spacial score (nSPS) is 11.5. The first-order chi connectivity index (χ1) is 13.0. The maximum Gasteiger partial charge on any atom is 0.255 e. The lowest BCUT2D eigenvalue weighted by atomic mass is 10.0. The van der Waals surface area contributed by atoms with Gasteiger partial charge in [-0.25, -0.2) is 4.98 Å². The Morgan fingerprint density at radius 3 is 2.33 bits per heavy atom. The number of amides is 1. The van der Waals surface area contributed by atoms with Crippen LogP contribution in [0.25, 0.3) is 22.4 Å². The summed E-state index contributed by atoms with van der Waals surface area (Å²) in [6.07, 6.45) is 0. The van der Waals surface area contributed by atoms with Gasteiger partial charge in [0.2, 0.25) is 0 Å². The molecular formula is C22H27N3O2. The lowest BCUT2D eigenvalue weighted by molar-refractivity contribution is 0.0644. The topological polar surface area (TPSA) is 58.4 Å². The number of aromatic nitrogens is 2. The van der Waals surface area contributed by atoms with Gasteiger partial charge in [0.15, 0.2) is 0 Å². The Bertz CT molecular complexity index is 936. The zero-order valence-electron chi connectivity index (χ0n) is 16.4. The van der Waals surface area contributed by atoms with E-state index >= 15 is 0 Å². The molecule has 27 heavy (non-hydrogen) atoms. The van der Waals surface area contributed by atoms with Crippen molar-refractivity contribution in [3.05, 3.63) is 54.1 Å². The van der Waals surface area contributed by atoms with Gasteiger partial charge in [-0.15, -0.1) is 0 Å². The highest BCUT2D eigenvalue weighted by Gasteiger charge is 2.25. The average molecular weight is 365 g/mol. The van der Waals surface area contributed by atoms with Crippen molar-refractivity contribution in [1.29, 1.82) is 0 Å². The molecule has 0 saturated heterocycles. The third-order valence-corrected chi connectivity index (χ3v) is 4.72. The molecule has 0 saturated carbocycles. The van der Waals surface area contributed by atoms with Gasteiger partial charge >= 0.3 is 0 Å². The second kappa shape index (κ2) is 7.92. The Balaban J connectivity index is 2.19. The Hall–Kier alpha value is -2.66. The highest BCUT2D eigenvalue weighted by Crippen LogP contribution is 2.29. The van der Waals surface area contributed by atoms with Crippen molar-refractivity contribution in [2.45, 2.75) is 46.3 Å². The molecule has 2 aromatic carbocycles.